The van der Waals surface area contributed by atoms with Gasteiger partial charge in [0.2, 0.25) is 5.91 Å². The van der Waals surface area contributed by atoms with Crippen LogP contribution in [0.2, 0.25) is 5.02 Å². The normalized spacial score (nSPS) is 10.2. The van der Waals surface area contributed by atoms with Gasteiger partial charge in [-0.1, -0.05) is 11.6 Å². The summed E-state index contributed by atoms with van der Waals surface area (Å²) in [5.41, 5.74) is 7.16. The van der Waals surface area contributed by atoms with E-state index in [1.165, 1.54) is 0 Å². The first-order valence-corrected chi connectivity index (χ1v) is 5.77. The van der Waals surface area contributed by atoms with Crippen LogP contribution in [0.25, 0.3) is 0 Å². The van der Waals surface area contributed by atoms with Gasteiger partial charge in [-0.05, 0) is 50.1 Å². The van der Waals surface area contributed by atoms with Crippen molar-refractivity contribution in [3.63, 3.8) is 0 Å². The number of nitrogens with two attached hydrogens (primary N) is 1. The number of carbonyl (C=O) groups excluding carboxylic acids is 1. The largest absolute Gasteiger partial charge is 0.330 e. The van der Waals surface area contributed by atoms with Gasteiger partial charge in [0, 0.05) is 17.1 Å². The zero-order chi connectivity index (χ0) is 12.0. The fourth-order valence-corrected chi connectivity index (χ4v) is 1.64. The van der Waals surface area contributed by atoms with Gasteiger partial charge < -0.3 is 11.1 Å². The summed E-state index contributed by atoms with van der Waals surface area (Å²) in [6, 6.07) is 5.42. The molecule has 4 heteroatoms. The average Bonchev–Trinajstić information content (AvgIpc) is 2.23. The quantitative estimate of drug-likeness (QED) is 0.778. The van der Waals surface area contributed by atoms with E-state index < -0.39 is 0 Å². The lowest BCUT2D eigenvalue weighted by Crippen LogP contribution is -2.12. The zero-order valence-electron chi connectivity index (χ0n) is 9.42. The number of rotatable bonds is 5. The standard InChI is InChI=1S/C12H17ClN2O/c1-9-8-10(13)5-6-11(9)15-12(16)4-2-3-7-14/h5-6,8H,2-4,7,14H2,1H3,(H,15,16). The first-order chi connectivity index (χ1) is 7.63. The topological polar surface area (TPSA) is 55.1 Å². The molecule has 16 heavy (non-hydrogen) atoms. The molecule has 0 atom stereocenters. The summed E-state index contributed by atoms with van der Waals surface area (Å²) in [6.07, 6.45) is 2.22. The van der Waals surface area contributed by atoms with Crippen molar-refractivity contribution in [3.05, 3.63) is 28.8 Å². The van der Waals surface area contributed by atoms with Crippen LogP contribution in [0.3, 0.4) is 0 Å². The highest BCUT2D eigenvalue weighted by atomic mass is 35.5. The van der Waals surface area contributed by atoms with Crippen LogP contribution in [0, 0.1) is 6.92 Å². The fourth-order valence-electron chi connectivity index (χ4n) is 1.41. The van der Waals surface area contributed by atoms with Gasteiger partial charge in [0.05, 0.1) is 0 Å². The van der Waals surface area contributed by atoms with E-state index in [1.807, 2.05) is 19.1 Å². The highest BCUT2D eigenvalue weighted by Crippen LogP contribution is 2.19. The van der Waals surface area contributed by atoms with Gasteiger partial charge in [0.25, 0.3) is 0 Å². The van der Waals surface area contributed by atoms with Crippen LogP contribution >= 0.6 is 11.6 Å². The molecule has 0 aliphatic heterocycles. The molecule has 1 aromatic carbocycles. The van der Waals surface area contributed by atoms with Gasteiger partial charge >= 0.3 is 0 Å². The minimum Gasteiger partial charge on any atom is -0.330 e. The predicted molar refractivity (Wildman–Crippen MR) is 67.7 cm³/mol. The molecular weight excluding hydrogens is 224 g/mol. The van der Waals surface area contributed by atoms with E-state index in [-0.39, 0.29) is 5.91 Å². The second-order valence-corrected chi connectivity index (χ2v) is 4.19. The molecule has 0 fully saturated rings. The fraction of sp³-hybridized carbons (Fsp3) is 0.417. The zero-order valence-corrected chi connectivity index (χ0v) is 10.2. The number of carbonyl (C=O) groups is 1. The molecule has 0 aliphatic carbocycles. The van der Waals surface area contributed by atoms with Gasteiger partial charge in [-0.3, -0.25) is 4.79 Å². The Hall–Kier alpha value is -1.06. The molecule has 0 spiro atoms. The van der Waals surface area contributed by atoms with Gasteiger partial charge in [-0.25, -0.2) is 0 Å². The van der Waals surface area contributed by atoms with Gasteiger partial charge in [-0.2, -0.15) is 0 Å². The van der Waals surface area contributed by atoms with E-state index in [9.17, 15) is 4.79 Å². The summed E-state index contributed by atoms with van der Waals surface area (Å²) >= 11 is 5.83. The number of hydrogen-bond donors (Lipinski definition) is 2. The number of unbranched alkanes of at least 4 members (excludes halogenated alkanes) is 1. The summed E-state index contributed by atoms with van der Waals surface area (Å²) in [4.78, 5) is 11.5. The Morgan fingerprint density at radius 1 is 1.44 bits per heavy atom. The Morgan fingerprint density at radius 3 is 2.81 bits per heavy atom. The molecule has 0 heterocycles. The molecule has 0 aromatic heterocycles. The molecule has 0 saturated heterocycles. The molecule has 88 valence electrons. The number of hydrogen-bond acceptors (Lipinski definition) is 2. The minimum absolute atomic E-state index is 0.0267. The maximum absolute atomic E-state index is 11.5. The lowest BCUT2D eigenvalue weighted by Gasteiger charge is -2.08. The van der Waals surface area contributed by atoms with Gasteiger partial charge in [0.15, 0.2) is 0 Å². The Kier molecular flexibility index (Phi) is 5.29. The maximum Gasteiger partial charge on any atom is 0.224 e. The molecule has 1 amide bonds. The van der Waals surface area contributed by atoms with Crippen molar-refractivity contribution in [2.24, 2.45) is 5.73 Å². The lowest BCUT2D eigenvalue weighted by atomic mass is 10.2. The number of benzene rings is 1. The number of nitrogens with one attached hydrogen (secondary N) is 1. The van der Waals surface area contributed by atoms with Crippen LogP contribution in [-0.4, -0.2) is 12.5 Å². The second-order valence-electron chi connectivity index (χ2n) is 3.75. The number of anilines is 1. The Bertz CT molecular complexity index is 366. The SMILES string of the molecule is Cc1cc(Cl)ccc1NC(=O)CCCCN. The maximum atomic E-state index is 11.5. The third-order valence-electron chi connectivity index (χ3n) is 2.32. The van der Waals surface area contributed by atoms with Crippen molar-refractivity contribution in [3.8, 4) is 0 Å². The molecule has 0 aliphatic rings. The highest BCUT2D eigenvalue weighted by molar-refractivity contribution is 6.30. The van der Waals surface area contributed by atoms with Crippen LogP contribution < -0.4 is 11.1 Å². The monoisotopic (exact) mass is 240 g/mol. The van der Waals surface area contributed by atoms with E-state index in [2.05, 4.69) is 5.32 Å². The number of aryl methyl sites for hydroxylation is 1. The third-order valence-corrected chi connectivity index (χ3v) is 2.56. The number of amides is 1. The van der Waals surface area contributed by atoms with Crippen LogP contribution in [0.15, 0.2) is 18.2 Å². The summed E-state index contributed by atoms with van der Waals surface area (Å²) < 4.78 is 0. The van der Waals surface area contributed by atoms with Crippen molar-refractivity contribution >= 4 is 23.2 Å². The van der Waals surface area contributed by atoms with E-state index in [0.717, 1.165) is 24.1 Å². The molecule has 0 bridgehead atoms. The number of halogens is 1. The van der Waals surface area contributed by atoms with Crippen molar-refractivity contribution in [1.29, 1.82) is 0 Å². The summed E-state index contributed by atoms with van der Waals surface area (Å²) in [5, 5.41) is 3.54. The molecule has 1 rings (SSSR count). The summed E-state index contributed by atoms with van der Waals surface area (Å²) in [5.74, 6) is 0.0267. The van der Waals surface area contributed by atoms with E-state index in [4.69, 9.17) is 17.3 Å². The van der Waals surface area contributed by atoms with Crippen molar-refractivity contribution < 1.29 is 4.79 Å². The molecule has 0 radical (unpaired) electrons. The third kappa shape index (κ3) is 4.21. The van der Waals surface area contributed by atoms with Crippen LogP contribution in [-0.2, 0) is 4.79 Å². The van der Waals surface area contributed by atoms with Crippen LogP contribution in [0.4, 0.5) is 5.69 Å². The van der Waals surface area contributed by atoms with Gasteiger partial charge in [-0.15, -0.1) is 0 Å². The van der Waals surface area contributed by atoms with Crippen molar-refractivity contribution in [2.75, 3.05) is 11.9 Å². The Morgan fingerprint density at radius 2 is 2.19 bits per heavy atom. The smallest absolute Gasteiger partial charge is 0.224 e. The van der Waals surface area contributed by atoms with E-state index in [0.29, 0.717) is 18.0 Å². The van der Waals surface area contributed by atoms with E-state index >= 15 is 0 Å². The van der Waals surface area contributed by atoms with Crippen LogP contribution in [0.5, 0.6) is 0 Å². The van der Waals surface area contributed by atoms with Crippen LogP contribution in [0.1, 0.15) is 24.8 Å². The summed E-state index contributed by atoms with van der Waals surface area (Å²) in [7, 11) is 0. The minimum atomic E-state index is 0.0267. The molecule has 3 N–H and O–H groups in total. The average molecular weight is 241 g/mol. The van der Waals surface area contributed by atoms with Gasteiger partial charge in [0.1, 0.15) is 0 Å². The molecule has 0 unspecified atom stereocenters. The van der Waals surface area contributed by atoms with Crippen molar-refractivity contribution in [1.82, 2.24) is 0 Å². The molecule has 3 nitrogen and oxygen atoms in total. The molecule has 1 aromatic rings. The predicted octanol–water partition coefficient (Wildman–Crippen LogP) is 2.72. The van der Waals surface area contributed by atoms with Crippen molar-refractivity contribution in [2.45, 2.75) is 26.2 Å². The molecular formula is C12H17ClN2O. The Labute approximate surface area is 101 Å². The highest BCUT2D eigenvalue weighted by Gasteiger charge is 2.04. The Balaban J connectivity index is 2.49. The second kappa shape index (κ2) is 6.51. The summed E-state index contributed by atoms with van der Waals surface area (Å²) in [6.45, 7) is 2.55. The first-order valence-electron chi connectivity index (χ1n) is 5.39. The molecule has 0 saturated carbocycles. The first kappa shape index (κ1) is 13.0. The van der Waals surface area contributed by atoms with E-state index in [1.54, 1.807) is 6.07 Å². The lowest BCUT2D eigenvalue weighted by molar-refractivity contribution is -0.116.